The fraction of sp³-hybridized carbons (Fsp3) is 0.750. The highest BCUT2D eigenvalue weighted by molar-refractivity contribution is 6.31. The first-order valence-corrected chi connectivity index (χ1v) is 4.35. The highest BCUT2D eigenvalue weighted by Crippen LogP contribution is 2.09. The molecule has 0 aromatic rings. The molecule has 2 unspecified atom stereocenters. The predicted octanol–water partition coefficient (Wildman–Crippen LogP) is -0.815. The molecule has 0 bridgehead atoms. The number of rotatable bonds is 1. The van der Waals surface area contributed by atoms with Gasteiger partial charge in [-0.2, -0.15) is 0 Å². The maximum Gasteiger partial charge on any atom is 0.394 e. The summed E-state index contributed by atoms with van der Waals surface area (Å²) < 4.78 is 0. The van der Waals surface area contributed by atoms with E-state index in [2.05, 4.69) is 10.6 Å². The van der Waals surface area contributed by atoms with Crippen LogP contribution in [0, 0.1) is 5.92 Å². The van der Waals surface area contributed by atoms with Gasteiger partial charge in [-0.1, -0.05) is 6.92 Å². The van der Waals surface area contributed by atoms with Crippen molar-refractivity contribution in [2.24, 2.45) is 5.92 Å². The maximum absolute atomic E-state index is 10.8. The molecule has 0 radical (unpaired) electrons. The number of carbonyl (C=O) groups excluding carboxylic acids is 1. The van der Waals surface area contributed by atoms with Crippen LogP contribution in [0.4, 0.5) is 0 Å². The van der Waals surface area contributed by atoms with Crippen LogP contribution in [0.15, 0.2) is 0 Å². The third-order valence-electron chi connectivity index (χ3n) is 2.30. The highest BCUT2D eigenvalue weighted by atomic mass is 16.4. The molecule has 1 aliphatic rings. The zero-order valence-electron chi connectivity index (χ0n) is 7.54. The van der Waals surface area contributed by atoms with Gasteiger partial charge in [0, 0.05) is 6.04 Å². The predicted molar refractivity (Wildman–Crippen MR) is 46.2 cm³/mol. The van der Waals surface area contributed by atoms with E-state index >= 15 is 0 Å². The fourth-order valence-electron chi connectivity index (χ4n) is 1.46. The topological polar surface area (TPSA) is 78.4 Å². The second-order valence-corrected chi connectivity index (χ2v) is 3.36. The van der Waals surface area contributed by atoms with E-state index in [0.717, 1.165) is 19.5 Å². The van der Waals surface area contributed by atoms with Crippen molar-refractivity contribution in [3.63, 3.8) is 0 Å². The van der Waals surface area contributed by atoms with E-state index in [4.69, 9.17) is 5.11 Å². The Labute approximate surface area is 76.5 Å². The number of piperidine rings is 1. The summed E-state index contributed by atoms with van der Waals surface area (Å²) in [7, 11) is 0. The zero-order valence-corrected chi connectivity index (χ0v) is 7.54. The molecule has 5 nitrogen and oxygen atoms in total. The van der Waals surface area contributed by atoms with Crippen LogP contribution in [0.1, 0.15) is 13.3 Å². The van der Waals surface area contributed by atoms with Gasteiger partial charge in [-0.15, -0.1) is 0 Å². The van der Waals surface area contributed by atoms with Crippen molar-refractivity contribution in [1.82, 2.24) is 10.6 Å². The van der Waals surface area contributed by atoms with Crippen LogP contribution in [0.5, 0.6) is 0 Å². The van der Waals surface area contributed by atoms with E-state index in [1.807, 2.05) is 6.92 Å². The van der Waals surface area contributed by atoms with Gasteiger partial charge < -0.3 is 15.7 Å². The Morgan fingerprint density at radius 1 is 1.54 bits per heavy atom. The Bertz CT molecular complexity index is 217. The van der Waals surface area contributed by atoms with Crippen molar-refractivity contribution >= 4 is 11.9 Å². The lowest BCUT2D eigenvalue weighted by atomic mass is 9.95. The summed E-state index contributed by atoms with van der Waals surface area (Å²) in [4.78, 5) is 21.1. The van der Waals surface area contributed by atoms with Crippen LogP contribution >= 0.6 is 0 Å². The lowest BCUT2D eigenvalue weighted by Crippen LogP contribution is -2.50. The van der Waals surface area contributed by atoms with Crippen molar-refractivity contribution in [2.45, 2.75) is 19.4 Å². The van der Waals surface area contributed by atoms with E-state index < -0.39 is 11.9 Å². The lowest BCUT2D eigenvalue weighted by molar-refractivity contribution is -0.150. The maximum atomic E-state index is 10.8. The Morgan fingerprint density at radius 3 is 2.77 bits per heavy atom. The molecular formula is C8H14N2O3. The summed E-state index contributed by atoms with van der Waals surface area (Å²) in [5.74, 6) is -2.03. The van der Waals surface area contributed by atoms with Crippen LogP contribution in [0.2, 0.25) is 0 Å². The number of carboxylic acid groups (broad SMARTS) is 1. The largest absolute Gasteiger partial charge is 0.474 e. The number of carbonyl (C=O) groups is 2. The fourth-order valence-corrected chi connectivity index (χ4v) is 1.46. The average molecular weight is 186 g/mol. The van der Waals surface area contributed by atoms with Crippen LogP contribution in [0.25, 0.3) is 0 Å². The molecule has 3 N–H and O–H groups in total. The standard InChI is InChI=1S/C8H14N2O3/c1-5-4-9-3-2-6(5)10-7(11)8(12)13/h5-6,9H,2-4H2,1H3,(H,10,11)(H,12,13). The quantitative estimate of drug-likeness (QED) is 0.468. The first kappa shape index (κ1) is 9.98. The summed E-state index contributed by atoms with van der Waals surface area (Å²) in [6, 6.07) is -0.00940. The third kappa shape index (κ3) is 2.69. The van der Waals surface area contributed by atoms with Crippen LogP contribution < -0.4 is 10.6 Å². The van der Waals surface area contributed by atoms with Gasteiger partial charge in [0.1, 0.15) is 0 Å². The molecule has 1 rings (SSSR count). The second-order valence-electron chi connectivity index (χ2n) is 3.36. The minimum atomic E-state index is -1.41. The summed E-state index contributed by atoms with van der Waals surface area (Å²) in [6.07, 6.45) is 0.792. The molecule has 1 saturated heterocycles. The van der Waals surface area contributed by atoms with Crippen LogP contribution in [-0.2, 0) is 9.59 Å². The number of nitrogens with one attached hydrogen (secondary N) is 2. The Balaban J connectivity index is 2.42. The van der Waals surface area contributed by atoms with Crippen molar-refractivity contribution < 1.29 is 14.7 Å². The molecule has 1 fully saturated rings. The van der Waals surface area contributed by atoms with E-state index in [9.17, 15) is 9.59 Å². The summed E-state index contributed by atoms with van der Waals surface area (Å²) >= 11 is 0. The van der Waals surface area contributed by atoms with E-state index in [1.165, 1.54) is 0 Å². The van der Waals surface area contributed by atoms with Gasteiger partial charge >= 0.3 is 11.9 Å². The molecule has 5 heteroatoms. The second kappa shape index (κ2) is 4.23. The average Bonchev–Trinajstić information content (AvgIpc) is 2.08. The van der Waals surface area contributed by atoms with Gasteiger partial charge in [0.05, 0.1) is 0 Å². The third-order valence-corrected chi connectivity index (χ3v) is 2.30. The highest BCUT2D eigenvalue weighted by Gasteiger charge is 2.24. The van der Waals surface area contributed by atoms with Gasteiger partial charge in [-0.25, -0.2) is 4.79 Å². The number of hydrogen-bond acceptors (Lipinski definition) is 3. The molecule has 1 aliphatic heterocycles. The van der Waals surface area contributed by atoms with E-state index in [1.54, 1.807) is 0 Å². The Hall–Kier alpha value is -1.10. The lowest BCUT2D eigenvalue weighted by Gasteiger charge is -2.29. The van der Waals surface area contributed by atoms with Crippen LogP contribution in [0.3, 0.4) is 0 Å². The molecule has 2 atom stereocenters. The molecule has 0 aliphatic carbocycles. The normalized spacial score (nSPS) is 28.1. The van der Waals surface area contributed by atoms with E-state index in [0.29, 0.717) is 0 Å². The van der Waals surface area contributed by atoms with Crippen molar-refractivity contribution in [2.75, 3.05) is 13.1 Å². The summed E-state index contributed by atoms with van der Waals surface area (Å²) in [5.41, 5.74) is 0. The van der Waals surface area contributed by atoms with E-state index in [-0.39, 0.29) is 12.0 Å². The SMILES string of the molecule is CC1CNCCC1NC(=O)C(=O)O. The summed E-state index contributed by atoms with van der Waals surface area (Å²) in [6.45, 7) is 3.64. The Kier molecular flexibility index (Phi) is 3.25. The molecule has 74 valence electrons. The van der Waals surface area contributed by atoms with Crippen molar-refractivity contribution in [1.29, 1.82) is 0 Å². The minimum Gasteiger partial charge on any atom is -0.474 e. The van der Waals surface area contributed by atoms with Gasteiger partial charge in [-0.05, 0) is 25.4 Å². The number of hydrogen-bond donors (Lipinski definition) is 3. The van der Waals surface area contributed by atoms with Crippen molar-refractivity contribution in [3.05, 3.63) is 0 Å². The molecule has 0 aromatic carbocycles. The van der Waals surface area contributed by atoms with Gasteiger partial charge in [-0.3, -0.25) is 4.79 Å². The number of carboxylic acids is 1. The van der Waals surface area contributed by atoms with Crippen LogP contribution in [-0.4, -0.2) is 36.1 Å². The molecule has 1 heterocycles. The number of aliphatic carboxylic acids is 1. The molecule has 0 aromatic heterocycles. The zero-order chi connectivity index (χ0) is 9.84. The Morgan fingerprint density at radius 2 is 2.23 bits per heavy atom. The van der Waals surface area contributed by atoms with Gasteiger partial charge in [0.25, 0.3) is 0 Å². The molecule has 0 saturated carbocycles. The molecule has 1 amide bonds. The first-order chi connectivity index (χ1) is 6.11. The molecular weight excluding hydrogens is 172 g/mol. The molecule has 0 spiro atoms. The summed E-state index contributed by atoms with van der Waals surface area (Å²) in [5, 5.41) is 14.0. The molecule has 13 heavy (non-hydrogen) atoms. The smallest absolute Gasteiger partial charge is 0.394 e. The monoisotopic (exact) mass is 186 g/mol. The van der Waals surface area contributed by atoms with Gasteiger partial charge in [0.2, 0.25) is 0 Å². The number of amides is 1. The van der Waals surface area contributed by atoms with Crippen molar-refractivity contribution in [3.8, 4) is 0 Å². The first-order valence-electron chi connectivity index (χ1n) is 4.35. The van der Waals surface area contributed by atoms with Gasteiger partial charge in [0.15, 0.2) is 0 Å². The minimum absolute atomic E-state index is 0.00940.